The van der Waals surface area contributed by atoms with Gasteiger partial charge in [-0.05, 0) is 13.3 Å². The lowest BCUT2D eigenvalue weighted by Gasteiger charge is -2.34. The van der Waals surface area contributed by atoms with Crippen molar-refractivity contribution in [3.63, 3.8) is 0 Å². The molecule has 0 unspecified atom stereocenters. The fourth-order valence-electron chi connectivity index (χ4n) is 3.16. The summed E-state index contributed by atoms with van der Waals surface area (Å²) in [6.45, 7) is 5.46. The minimum atomic E-state index is -3.01. The highest BCUT2D eigenvalue weighted by Crippen LogP contribution is 2.23. The van der Waals surface area contributed by atoms with Crippen LogP contribution in [-0.2, 0) is 14.6 Å². The van der Waals surface area contributed by atoms with Crippen molar-refractivity contribution in [2.75, 3.05) is 49.1 Å². The molecule has 0 saturated carbocycles. The molecule has 0 aliphatic carbocycles. The Balaban J connectivity index is 1.46. The molecular weight excluding hydrogens is 336 g/mol. The molecule has 2 fully saturated rings. The number of amides is 1. The van der Waals surface area contributed by atoms with Crippen LogP contribution in [0.5, 0.6) is 0 Å². The maximum atomic E-state index is 12.2. The van der Waals surface area contributed by atoms with Gasteiger partial charge in [-0.1, -0.05) is 0 Å². The highest BCUT2D eigenvalue weighted by atomic mass is 32.2. The summed E-state index contributed by atoms with van der Waals surface area (Å²) < 4.78 is 23.2. The second kappa shape index (κ2) is 6.37. The molecule has 2 aliphatic rings. The summed E-state index contributed by atoms with van der Waals surface area (Å²) in [7, 11) is -3.01. The molecule has 0 bridgehead atoms. The number of anilines is 1. The predicted octanol–water partition coefficient (Wildman–Crippen LogP) is -0.0415. The van der Waals surface area contributed by atoms with Crippen LogP contribution in [0.15, 0.2) is 11.6 Å². The zero-order chi connectivity index (χ0) is 16.5. The fraction of sp³-hybridized carbons (Fsp3) is 0.714. The fourth-order valence-corrected chi connectivity index (χ4v) is 5.95. The van der Waals surface area contributed by atoms with Crippen molar-refractivity contribution in [2.24, 2.45) is 0 Å². The van der Waals surface area contributed by atoms with Crippen molar-refractivity contribution in [1.82, 2.24) is 15.2 Å². The topological polar surface area (TPSA) is 82.6 Å². The monoisotopic (exact) mass is 358 g/mol. The van der Waals surface area contributed by atoms with Gasteiger partial charge >= 0.3 is 0 Å². The highest BCUT2D eigenvalue weighted by molar-refractivity contribution is 7.91. The molecule has 23 heavy (non-hydrogen) atoms. The number of rotatable bonds is 4. The summed E-state index contributed by atoms with van der Waals surface area (Å²) in [4.78, 5) is 20.9. The third-order valence-electron chi connectivity index (χ3n) is 4.37. The van der Waals surface area contributed by atoms with Crippen LogP contribution in [0.3, 0.4) is 0 Å². The van der Waals surface area contributed by atoms with Crippen LogP contribution in [-0.4, -0.2) is 74.0 Å². The van der Waals surface area contributed by atoms with Gasteiger partial charge in [0.15, 0.2) is 15.0 Å². The Bertz CT molecular complexity index is 654. The first kappa shape index (κ1) is 16.7. The van der Waals surface area contributed by atoms with Gasteiger partial charge in [0.1, 0.15) is 0 Å². The van der Waals surface area contributed by atoms with Gasteiger partial charge in [-0.3, -0.25) is 9.69 Å². The number of hydrogen-bond acceptors (Lipinski definition) is 7. The maximum absolute atomic E-state index is 12.2. The van der Waals surface area contributed by atoms with Gasteiger partial charge in [-0.25, -0.2) is 13.4 Å². The molecule has 1 amide bonds. The third-order valence-corrected chi connectivity index (χ3v) is 7.11. The van der Waals surface area contributed by atoms with Crippen molar-refractivity contribution >= 4 is 32.2 Å². The summed E-state index contributed by atoms with van der Waals surface area (Å²) >= 11 is 1.63. The SMILES string of the molecule is C[C@]1(NC(=O)CN2CCN(c3nccs3)CC2)CCS(=O)(=O)C1. The van der Waals surface area contributed by atoms with E-state index in [1.54, 1.807) is 17.5 Å². The van der Waals surface area contributed by atoms with E-state index in [2.05, 4.69) is 20.1 Å². The van der Waals surface area contributed by atoms with Gasteiger partial charge in [0.25, 0.3) is 0 Å². The van der Waals surface area contributed by atoms with Crippen molar-refractivity contribution in [1.29, 1.82) is 0 Å². The first-order chi connectivity index (χ1) is 10.9. The second-order valence-corrected chi connectivity index (χ2v) is 9.59. The minimum Gasteiger partial charge on any atom is -0.349 e. The van der Waals surface area contributed by atoms with Crippen LogP contribution in [0.25, 0.3) is 0 Å². The molecule has 1 atom stereocenters. The Morgan fingerprint density at radius 3 is 2.70 bits per heavy atom. The van der Waals surface area contributed by atoms with Crippen LogP contribution in [0.1, 0.15) is 13.3 Å². The van der Waals surface area contributed by atoms with E-state index in [1.165, 1.54) is 0 Å². The number of aromatic nitrogens is 1. The van der Waals surface area contributed by atoms with E-state index in [0.29, 0.717) is 13.0 Å². The van der Waals surface area contributed by atoms with E-state index in [9.17, 15) is 13.2 Å². The summed E-state index contributed by atoms with van der Waals surface area (Å²) in [5.41, 5.74) is -0.612. The van der Waals surface area contributed by atoms with Gasteiger partial charge in [-0.15, -0.1) is 11.3 Å². The second-order valence-electron chi connectivity index (χ2n) is 6.53. The van der Waals surface area contributed by atoms with E-state index >= 15 is 0 Å². The molecule has 9 heteroatoms. The summed E-state index contributed by atoms with van der Waals surface area (Å²) in [6.07, 6.45) is 2.30. The lowest BCUT2D eigenvalue weighted by molar-refractivity contribution is -0.123. The van der Waals surface area contributed by atoms with Gasteiger partial charge in [-0.2, -0.15) is 0 Å². The van der Waals surface area contributed by atoms with Crippen LogP contribution >= 0.6 is 11.3 Å². The van der Waals surface area contributed by atoms with Crippen molar-refractivity contribution in [3.8, 4) is 0 Å². The zero-order valence-electron chi connectivity index (χ0n) is 13.2. The summed E-state index contributed by atoms with van der Waals surface area (Å²) in [6, 6.07) is 0. The van der Waals surface area contributed by atoms with E-state index in [0.717, 1.165) is 31.3 Å². The van der Waals surface area contributed by atoms with E-state index in [-0.39, 0.29) is 17.4 Å². The minimum absolute atomic E-state index is 0.0452. The lowest BCUT2D eigenvalue weighted by Crippen LogP contribution is -2.53. The average molecular weight is 358 g/mol. The number of nitrogens with one attached hydrogen (secondary N) is 1. The number of thiazole rings is 1. The van der Waals surface area contributed by atoms with Gasteiger partial charge < -0.3 is 10.2 Å². The molecule has 2 aliphatic heterocycles. The summed E-state index contributed by atoms with van der Waals surface area (Å²) in [5.74, 6) is 0.118. The molecule has 1 aromatic rings. The molecule has 3 heterocycles. The number of piperazine rings is 1. The third kappa shape index (κ3) is 4.21. The van der Waals surface area contributed by atoms with Gasteiger partial charge in [0, 0.05) is 37.8 Å². The van der Waals surface area contributed by atoms with Gasteiger partial charge in [0.2, 0.25) is 5.91 Å². The molecule has 1 N–H and O–H groups in total. The Kier molecular flexibility index (Phi) is 4.61. The number of carbonyl (C=O) groups excluding carboxylic acids is 1. The number of nitrogens with zero attached hydrogens (tertiary/aromatic N) is 3. The Hall–Kier alpha value is -1.19. The van der Waals surface area contributed by atoms with Crippen LogP contribution in [0.2, 0.25) is 0 Å². The summed E-state index contributed by atoms with van der Waals surface area (Å²) in [5, 5.41) is 5.90. The first-order valence-electron chi connectivity index (χ1n) is 7.74. The molecule has 0 spiro atoms. The molecule has 0 aromatic carbocycles. The maximum Gasteiger partial charge on any atom is 0.234 e. The number of carbonyl (C=O) groups is 1. The largest absolute Gasteiger partial charge is 0.349 e. The van der Waals surface area contributed by atoms with E-state index in [1.807, 2.05) is 12.3 Å². The molecule has 128 valence electrons. The molecule has 2 saturated heterocycles. The Morgan fingerprint density at radius 1 is 1.39 bits per heavy atom. The normalized spacial score (nSPS) is 28.0. The molecule has 3 rings (SSSR count). The molecular formula is C14H22N4O3S2. The van der Waals surface area contributed by atoms with Crippen LogP contribution in [0.4, 0.5) is 5.13 Å². The Labute approximate surface area is 140 Å². The van der Waals surface area contributed by atoms with Crippen molar-refractivity contribution in [3.05, 3.63) is 11.6 Å². The van der Waals surface area contributed by atoms with Crippen LogP contribution in [0, 0.1) is 0 Å². The smallest absolute Gasteiger partial charge is 0.234 e. The number of hydrogen-bond donors (Lipinski definition) is 1. The molecule has 1 aromatic heterocycles. The van der Waals surface area contributed by atoms with Crippen molar-refractivity contribution in [2.45, 2.75) is 18.9 Å². The standard InChI is InChI=1S/C14H22N4O3S2/c1-14(2-9-23(20,21)11-14)16-12(19)10-17-4-6-18(7-5-17)13-15-3-8-22-13/h3,8H,2,4-7,9-11H2,1H3,(H,16,19)/t14-/m0/s1. The van der Waals surface area contributed by atoms with E-state index < -0.39 is 15.4 Å². The highest BCUT2D eigenvalue weighted by Gasteiger charge is 2.39. The zero-order valence-corrected chi connectivity index (χ0v) is 14.8. The van der Waals surface area contributed by atoms with E-state index in [4.69, 9.17) is 0 Å². The van der Waals surface area contributed by atoms with Crippen molar-refractivity contribution < 1.29 is 13.2 Å². The predicted molar refractivity (Wildman–Crippen MR) is 90.6 cm³/mol. The Morgan fingerprint density at radius 2 is 2.13 bits per heavy atom. The first-order valence-corrected chi connectivity index (χ1v) is 10.4. The quantitative estimate of drug-likeness (QED) is 0.813. The molecule has 0 radical (unpaired) electrons. The van der Waals surface area contributed by atoms with Crippen LogP contribution < -0.4 is 10.2 Å². The average Bonchev–Trinajstić information content (AvgIpc) is 3.08. The number of sulfone groups is 1. The molecule has 7 nitrogen and oxygen atoms in total. The lowest BCUT2D eigenvalue weighted by atomic mass is 10.0. The van der Waals surface area contributed by atoms with Gasteiger partial charge in [0.05, 0.1) is 23.6 Å².